The third-order valence-electron chi connectivity index (χ3n) is 2.99. The maximum Gasteiger partial charge on any atom is 0.309 e. The Morgan fingerprint density at radius 3 is 2.81 bits per heavy atom. The van der Waals surface area contributed by atoms with Crippen LogP contribution in [0, 0.1) is 5.92 Å². The topological polar surface area (TPSA) is 52.3 Å². The summed E-state index contributed by atoms with van der Waals surface area (Å²) in [5, 5.41) is 0. The van der Waals surface area contributed by atoms with Crippen LogP contribution in [0.3, 0.4) is 0 Å². The third-order valence-corrected chi connectivity index (χ3v) is 2.99. The van der Waals surface area contributed by atoms with Gasteiger partial charge in [-0.15, -0.1) is 12.4 Å². The van der Waals surface area contributed by atoms with Crippen molar-refractivity contribution in [3.05, 3.63) is 35.4 Å². The molecule has 2 unspecified atom stereocenters. The average molecular weight is 242 g/mol. The zero-order chi connectivity index (χ0) is 10.8. The van der Waals surface area contributed by atoms with E-state index in [2.05, 4.69) is 0 Å². The van der Waals surface area contributed by atoms with E-state index in [1.54, 1.807) is 0 Å². The summed E-state index contributed by atoms with van der Waals surface area (Å²) in [5.74, 6) is -0.236. The highest BCUT2D eigenvalue weighted by molar-refractivity contribution is 5.85. The first-order valence-electron chi connectivity index (χ1n) is 5.13. The lowest BCUT2D eigenvalue weighted by atomic mass is 9.81. The molecule has 0 aromatic heterocycles. The van der Waals surface area contributed by atoms with Gasteiger partial charge in [0.2, 0.25) is 0 Å². The lowest BCUT2D eigenvalue weighted by Gasteiger charge is -2.27. The van der Waals surface area contributed by atoms with E-state index in [0.717, 1.165) is 12.0 Å². The Balaban J connectivity index is 0.00000128. The Morgan fingerprint density at radius 1 is 1.44 bits per heavy atom. The zero-order valence-corrected chi connectivity index (χ0v) is 10.00. The molecule has 16 heavy (non-hydrogen) atoms. The molecular weight excluding hydrogens is 226 g/mol. The predicted octanol–water partition coefficient (Wildman–Crippen LogP) is 1.84. The van der Waals surface area contributed by atoms with E-state index in [1.165, 1.54) is 12.7 Å². The highest BCUT2D eigenvalue weighted by Crippen LogP contribution is 2.31. The van der Waals surface area contributed by atoms with Gasteiger partial charge in [-0.2, -0.15) is 0 Å². The Kier molecular flexibility index (Phi) is 4.33. The van der Waals surface area contributed by atoms with Gasteiger partial charge in [0, 0.05) is 6.04 Å². The van der Waals surface area contributed by atoms with E-state index < -0.39 is 0 Å². The summed E-state index contributed by atoms with van der Waals surface area (Å²) in [6, 6.07) is 7.99. The van der Waals surface area contributed by atoms with Crippen molar-refractivity contribution in [3.8, 4) is 0 Å². The molecule has 0 saturated heterocycles. The van der Waals surface area contributed by atoms with Gasteiger partial charge in [-0.1, -0.05) is 24.3 Å². The molecule has 0 radical (unpaired) electrons. The smallest absolute Gasteiger partial charge is 0.309 e. The van der Waals surface area contributed by atoms with Crippen molar-refractivity contribution in [2.24, 2.45) is 11.7 Å². The van der Waals surface area contributed by atoms with Crippen LogP contribution in [0.15, 0.2) is 24.3 Å². The number of carbonyl (C=O) groups is 1. The van der Waals surface area contributed by atoms with Crippen molar-refractivity contribution in [1.82, 2.24) is 0 Å². The van der Waals surface area contributed by atoms with E-state index in [-0.39, 0.29) is 30.3 Å². The second-order valence-electron chi connectivity index (χ2n) is 3.97. The van der Waals surface area contributed by atoms with E-state index in [1.807, 2.05) is 24.3 Å². The minimum atomic E-state index is -0.153. The highest BCUT2D eigenvalue weighted by Gasteiger charge is 2.29. The molecule has 2 N–H and O–H groups in total. The molecular formula is C12H16ClNO2. The molecule has 0 saturated carbocycles. The third kappa shape index (κ3) is 2.36. The first-order chi connectivity index (χ1) is 7.22. The van der Waals surface area contributed by atoms with Crippen molar-refractivity contribution in [2.75, 3.05) is 7.11 Å². The molecule has 4 heteroatoms. The lowest BCUT2D eigenvalue weighted by molar-refractivity contribution is -0.146. The molecule has 1 aliphatic rings. The van der Waals surface area contributed by atoms with Gasteiger partial charge in [0.15, 0.2) is 0 Å². The summed E-state index contributed by atoms with van der Waals surface area (Å²) in [6.07, 6.45) is 1.43. The molecule has 0 heterocycles. The molecule has 88 valence electrons. The van der Waals surface area contributed by atoms with E-state index in [9.17, 15) is 4.79 Å². The number of carbonyl (C=O) groups excluding carboxylic acids is 1. The highest BCUT2D eigenvalue weighted by atomic mass is 35.5. The number of rotatable bonds is 1. The summed E-state index contributed by atoms with van der Waals surface area (Å²) in [4.78, 5) is 11.4. The van der Waals surface area contributed by atoms with E-state index in [4.69, 9.17) is 10.5 Å². The Bertz CT molecular complexity index is 381. The number of ether oxygens (including phenoxy) is 1. The summed E-state index contributed by atoms with van der Waals surface area (Å²) in [7, 11) is 1.42. The van der Waals surface area contributed by atoms with Gasteiger partial charge in [0.25, 0.3) is 0 Å². The van der Waals surface area contributed by atoms with Crippen LogP contribution in [0.25, 0.3) is 0 Å². The van der Waals surface area contributed by atoms with Crippen LogP contribution in [-0.2, 0) is 16.0 Å². The monoisotopic (exact) mass is 241 g/mol. The van der Waals surface area contributed by atoms with E-state index >= 15 is 0 Å². The van der Waals surface area contributed by atoms with Gasteiger partial charge in [0.1, 0.15) is 0 Å². The minimum Gasteiger partial charge on any atom is -0.469 e. The van der Waals surface area contributed by atoms with Crippen LogP contribution in [0.2, 0.25) is 0 Å². The largest absolute Gasteiger partial charge is 0.469 e. The van der Waals surface area contributed by atoms with E-state index in [0.29, 0.717) is 6.42 Å². The number of methoxy groups -OCH3 is 1. The molecule has 3 nitrogen and oxygen atoms in total. The normalized spacial score (nSPS) is 22.9. The van der Waals surface area contributed by atoms with Gasteiger partial charge in [0.05, 0.1) is 13.0 Å². The van der Waals surface area contributed by atoms with Crippen LogP contribution in [0.5, 0.6) is 0 Å². The van der Waals surface area contributed by atoms with Crippen molar-refractivity contribution in [1.29, 1.82) is 0 Å². The van der Waals surface area contributed by atoms with Crippen molar-refractivity contribution in [3.63, 3.8) is 0 Å². The number of hydrogen-bond acceptors (Lipinski definition) is 3. The van der Waals surface area contributed by atoms with Crippen LogP contribution in [0.4, 0.5) is 0 Å². The first kappa shape index (κ1) is 13.0. The summed E-state index contributed by atoms with van der Waals surface area (Å²) in [5.41, 5.74) is 8.36. The van der Waals surface area contributed by atoms with Crippen LogP contribution in [-0.4, -0.2) is 13.1 Å². The quantitative estimate of drug-likeness (QED) is 0.764. The number of fused-ring (bicyclic) bond motifs is 1. The molecule has 1 aromatic carbocycles. The fraction of sp³-hybridized carbons (Fsp3) is 0.417. The fourth-order valence-electron chi connectivity index (χ4n) is 2.21. The van der Waals surface area contributed by atoms with Crippen LogP contribution < -0.4 is 5.73 Å². The van der Waals surface area contributed by atoms with Crippen molar-refractivity contribution >= 4 is 18.4 Å². The minimum absolute atomic E-state index is 0. The molecule has 0 amide bonds. The molecule has 1 aliphatic carbocycles. The van der Waals surface area contributed by atoms with Gasteiger partial charge >= 0.3 is 5.97 Å². The Morgan fingerprint density at radius 2 is 2.12 bits per heavy atom. The predicted molar refractivity (Wildman–Crippen MR) is 64.4 cm³/mol. The average Bonchev–Trinajstić information content (AvgIpc) is 2.28. The zero-order valence-electron chi connectivity index (χ0n) is 9.18. The summed E-state index contributed by atoms with van der Waals surface area (Å²) >= 11 is 0. The number of nitrogens with two attached hydrogens (primary N) is 1. The molecule has 2 atom stereocenters. The molecule has 0 bridgehead atoms. The van der Waals surface area contributed by atoms with Crippen LogP contribution in [0.1, 0.15) is 23.6 Å². The number of benzene rings is 1. The first-order valence-corrected chi connectivity index (χ1v) is 5.13. The molecule has 0 spiro atoms. The molecule has 0 aliphatic heterocycles. The van der Waals surface area contributed by atoms with Gasteiger partial charge in [-0.25, -0.2) is 0 Å². The second kappa shape index (κ2) is 5.32. The lowest BCUT2D eigenvalue weighted by Crippen LogP contribution is -2.29. The Hall–Kier alpha value is -1.06. The van der Waals surface area contributed by atoms with Crippen molar-refractivity contribution < 1.29 is 9.53 Å². The van der Waals surface area contributed by atoms with Crippen molar-refractivity contribution in [2.45, 2.75) is 18.9 Å². The van der Waals surface area contributed by atoms with Gasteiger partial charge in [-0.3, -0.25) is 4.79 Å². The maximum absolute atomic E-state index is 11.4. The summed E-state index contributed by atoms with van der Waals surface area (Å²) < 4.78 is 4.76. The maximum atomic E-state index is 11.4. The second-order valence-corrected chi connectivity index (χ2v) is 3.97. The van der Waals surface area contributed by atoms with Gasteiger partial charge in [-0.05, 0) is 24.0 Å². The number of esters is 1. The molecule has 0 fully saturated rings. The number of halogens is 1. The molecule has 1 aromatic rings. The fourth-order valence-corrected chi connectivity index (χ4v) is 2.21. The Labute approximate surface area is 101 Å². The number of hydrogen-bond donors (Lipinski definition) is 1. The standard InChI is InChI=1S/C12H15NO2.ClH/c1-15-12(14)9-6-8-4-2-3-5-10(8)11(13)7-9;/h2-5,9,11H,6-7,13H2,1H3;1H. The molecule has 2 rings (SSSR count). The van der Waals surface area contributed by atoms with Gasteiger partial charge < -0.3 is 10.5 Å². The van der Waals surface area contributed by atoms with Crippen LogP contribution >= 0.6 is 12.4 Å². The SMILES string of the molecule is COC(=O)C1Cc2ccccc2C(N)C1.Cl. The summed E-state index contributed by atoms with van der Waals surface area (Å²) in [6.45, 7) is 0.